The van der Waals surface area contributed by atoms with Crippen molar-refractivity contribution in [1.29, 1.82) is 0 Å². The van der Waals surface area contributed by atoms with Gasteiger partial charge < -0.3 is 4.98 Å². The Bertz CT molecular complexity index is 570. The Balaban J connectivity index is 2.12. The number of hydrogen-bond acceptors (Lipinski definition) is 3. The van der Waals surface area contributed by atoms with E-state index < -0.39 is 0 Å². The summed E-state index contributed by atoms with van der Waals surface area (Å²) in [6.45, 7) is 0. The predicted octanol–water partition coefficient (Wildman–Crippen LogP) is 4.14. The SMILES string of the molecule is S=c1nc(-c2cccs2)[nH]c2c1CCCCC2. The third kappa shape index (κ3) is 2.19. The van der Waals surface area contributed by atoms with Gasteiger partial charge >= 0.3 is 0 Å². The van der Waals surface area contributed by atoms with Crippen molar-refractivity contribution in [3.63, 3.8) is 0 Å². The van der Waals surface area contributed by atoms with Crippen LogP contribution in [0.4, 0.5) is 0 Å². The average molecular weight is 262 g/mol. The Morgan fingerprint density at radius 3 is 2.94 bits per heavy atom. The average Bonchev–Trinajstić information content (AvgIpc) is 2.75. The van der Waals surface area contributed by atoms with Gasteiger partial charge in [-0.25, -0.2) is 4.98 Å². The number of thiophene rings is 1. The van der Waals surface area contributed by atoms with Crippen LogP contribution >= 0.6 is 23.6 Å². The van der Waals surface area contributed by atoms with Crippen LogP contribution < -0.4 is 0 Å². The molecule has 0 aromatic carbocycles. The van der Waals surface area contributed by atoms with E-state index in [9.17, 15) is 0 Å². The maximum atomic E-state index is 5.43. The summed E-state index contributed by atoms with van der Waals surface area (Å²) in [6.07, 6.45) is 5.99. The van der Waals surface area contributed by atoms with Crippen molar-refractivity contribution in [2.24, 2.45) is 0 Å². The maximum absolute atomic E-state index is 5.43. The number of H-pyrrole nitrogens is 1. The molecule has 0 amide bonds. The molecule has 4 heteroatoms. The second kappa shape index (κ2) is 4.70. The quantitative estimate of drug-likeness (QED) is 0.618. The minimum Gasteiger partial charge on any atom is -0.342 e. The number of nitrogens with one attached hydrogen (secondary N) is 1. The molecular weight excluding hydrogens is 248 g/mol. The molecule has 1 aliphatic carbocycles. The summed E-state index contributed by atoms with van der Waals surface area (Å²) in [5.74, 6) is 0.936. The molecule has 2 nitrogen and oxygen atoms in total. The lowest BCUT2D eigenvalue weighted by Crippen LogP contribution is -2.01. The van der Waals surface area contributed by atoms with Crippen LogP contribution in [0.3, 0.4) is 0 Å². The van der Waals surface area contributed by atoms with Gasteiger partial charge in [0.05, 0.1) is 4.88 Å². The third-order valence-electron chi connectivity index (χ3n) is 3.21. The zero-order chi connectivity index (χ0) is 11.7. The number of fused-ring (bicyclic) bond motifs is 1. The highest BCUT2D eigenvalue weighted by atomic mass is 32.1. The predicted molar refractivity (Wildman–Crippen MR) is 74.0 cm³/mol. The van der Waals surface area contributed by atoms with Crippen LogP contribution in [-0.2, 0) is 12.8 Å². The summed E-state index contributed by atoms with van der Waals surface area (Å²) in [5.41, 5.74) is 2.59. The zero-order valence-electron chi connectivity index (χ0n) is 9.53. The topological polar surface area (TPSA) is 28.7 Å². The zero-order valence-corrected chi connectivity index (χ0v) is 11.2. The Morgan fingerprint density at radius 1 is 1.24 bits per heavy atom. The molecule has 0 spiro atoms. The highest BCUT2D eigenvalue weighted by Gasteiger charge is 2.13. The molecule has 3 rings (SSSR count). The molecule has 0 radical (unpaired) electrons. The lowest BCUT2D eigenvalue weighted by atomic mass is 10.1. The number of hydrogen-bond donors (Lipinski definition) is 1. The van der Waals surface area contributed by atoms with Crippen LogP contribution in [0.5, 0.6) is 0 Å². The second-order valence-electron chi connectivity index (χ2n) is 4.39. The van der Waals surface area contributed by atoms with Crippen LogP contribution in [0.15, 0.2) is 17.5 Å². The lowest BCUT2D eigenvalue weighted by molar-refractivity contribution is 0.708. The molecule has 1 aliphatic rings. The van der Waals surface area contributed by atoms with E-state index in [0.717, 1.165) is 23.3 Å². The molecular formula is C13H14N2S2. The van der Waals surface area contributed by atoms with E-state index in [4.69, 9.17) is 12.2 Å². The molecule has 88 valence electrons. The summed E-state index contributed by atoms with van der Waals surface area (Å²) in [4.78, 5) is 9.19. The molecule has 0 saturated heterocycles. The maximum Gasteiger partial charge on any atom is 0.149 e. The highest BCUT2D eigenvalue weighted by Crippen LogP contribution is 2.25. The Kier molecular flexibility index (Phi) is 3.07. The van der Waals surface area contributed by atoms with Crippen molar-refractivity contribution in [1.82, 2.24) is 9.97 Å². The third-order valence-corrected chi connectivity index (χ3v) is 4.43. The van der Waals surface area contributed by atoms with E-state index in [-0.39, 0.29) is 0 Å². The number of aromatic amines is 1. The molecule has 1 N–H and O–H groups in total. The number of nitrogens with zero attached hydrogens (tertiary/aromatic N) is 1. The minimum atomic E-state index is 0.795. The molecule has 0 saturated carbocycles. The summed E-state index contributed by atoms with van der Waals surface area (Å²) in [7, 11) is 0. The van der Waals surface area contributed by atoms with Crippen molar-refractivity contribution >= 4 is 23.6 Å². The van der Waals surface area contributed by atoms with E-state index in [2.05, 4.69) is 21.4 Å². The molecule has 2 aromatic rings. The number of rotatable bonds is 1. The molecule has 2 aromatic heterocycles. The van der Waals surface area contributed by atoms with Gasteiger partial charge in [0.2, 0.25) is 0 Å². The Labute approximate surface area is 110 Å². The van der Waals surface area contributed by atoms with Crippen LogP contribution in [0, 0.1) is 4.64 Å². The lowest BCUT2D eigenvalue weighted by Gasteiger charge is -2.08. The van der Waals surface area contributed by atoms with Gasteiger partial charge in [-0.15, -0.1) is 11.3 Å². The smallest absolute Gasteiger partial charge is 0.149 e. The number of aromatic nitrogens is 2. The fourth-order valence-electron chi connectivity index (χ4n) is 2.33. The van der Waals surface area contributed by atoms with Crippen molar-refractivity contribution in [2.45, 2.75) is 32.1 Å². The normalized spacial score (nSPS) is 15.3. The van der Waals surface area contributed by atoms with Crippen molar-refractivity contribution in [3.8, 4) is 10.7 Å². The van der Waals surface area contributed by atoms with Crippen molar-refractivity contribution < 1.29 is 0 Å². The Hall–Kier alpha value is -1.00. The molecule has 0 bridgehead atoms. The molecule has 0 atom stereocenters. The first-order valence-corrected chi connectivity index (χ1v) is 7.29. The first-order valence-electron chi connectivity index (χ1n) is 6.00. The number of aryl methyl sites for hydroxylation is 1. The van der Waals surface area contributed by atoms with E-state index in [1.54, 1.807) is 11.3 Å². The molecule has 17 heavy (non-hydrogen) atoms. The van der Waals surface area contributed by atoms with E-state index in [1.165, 1.54) is 35.4 Å². The van der Waals surface area contributed by atoms with Crippen LogP contribution in [0.1, 0.15) is 30.5 Å². The van der Waals surface area contributed by atoms with Gasteiger partial charge in [0.15, 0.2) is 0 Å². The van der Waals surface area contributed by atoms with Crippen molar-refractivity contribution in [2.75, 3.05) is 0 Å². The van der Waals surface area contributed by atoms with Gasteiger partial charge in [0.1, 0.15) is 10.5 Å². The van der Waals surface area contributed by atoms with Crippen LogP contribution in [0.2, 0.25) is 0 Å². The fourth-order valence-corrected chi connectivity index (χ4v) is 3.31. The molecule has 2 heterocycles. The van der Waals surface area contributed by atoms with E-state index in [0.29, 0.717) is 0 Å². The van der Waals surface area contributed by atoms with Gasteiger partial charge in [-0.3, -0.25) is 0 Å². The van der Waals surface area contributed by atoms with E-state index in [1.807, 2.05) is 6.07 Å². The fraction of sp³-hybridized carbons (Fsp3) is 0.385. The monoisotopic (exact) mass is 262 g/mol. The van der Waals surface area contributed by atoms with Gasteiger partial charge in [0, 0.05) is 11.3 Å². The van der Waals surface area contributed by atoms with Gasteiger partial charge in [-0.1, -0.05) is 24.7 Å². The Morgan fingerprint density at radius 2 is 2.12 bits per heavy atom. The van der Waals surface area contributed by atoms with Crippen molar-refractivity contribution in [3.05, 3.63) is 33.4 Å². The van der Waals surface area contributed by atoms with Gasteiger partial charge in [-0.05, 0) is 37.1 Å². The molecule has 0 aliphatic heterocycles. The summed E-state index contributed by atoms with van der Waals surface area (Å²) in [5, 5.41) is 2.07. The summed E-state index contributed by atoms with van der Waals surface area (Å²) >= 11 is 7.13. The van der Waals surface area contributed by atoms with E-state index >= 15 is 0 Å². The standard InChI is InChI=1S/C13H14N2S2/c16-13-9-5-2-1-3-6-10(9)14-12(15-13)11-7-4-8-17-11/h4,7-8H,1-3,5-6H2,(H,14,15,16). The largest absolute Gasteiger partial charge is 0.342 e. The first-order chi connectivity index (χ1) is 8.34. The first kappa shape index (κ1) is 11.1. The van der Waals surface area contributed by atoms with Gasteiger partial charge in [-0.2, -0.15) is 0 Å². The van der Waals surface area contributed by atoms with Gasteiger partial charge in [0.25, 0.3) is 0 Å². The molecule has 0 unspecified atom stereocenters. The summed E-state index contributed by atoms with van der Waals surface area (Å²) < 4.78 is 0.795. The second-order valence-corrected chi connectivity index (χ2v) is 5.72. The molecule has 0 fully saturated rings. The minimum absolute atomic E-state index is 0.795. The highest BCUT2D eigenvalue weighted by molar-refractivity contribution is 7.71. The summed E-state index contributed by atoms with van der Waals surface area (Å²) in [6, 6.07) is 4.13. The van der Waals surface area contributed by atoms with Crippen LogP contribution in [-0.4, -0.2) is 9.97 Å². The van der Waals surface area contributed by atoms with Crippen LogP contribution in [0.25, 0.3) is 10.7 Å².